The molecular formula is C15H26N2O. The molecule has 1 unspecified atom stereocenters. The number of nitrogens with one attached hydrogen (secondary N) is 1. The maximum atomic E-state index is 5.74. The Bertz CT molecular complexity index is 325. The van der Waals surface area contributed by atoms with Crippen LogP contribution in [0, 0.1) is 0 Å². The predicted octanol–water partition coefficient (Wildman–Crippen LogP) is 2.66. The molecule has 0 aliphatic carbocycles. The molecule has 0 fully saturated rings. The molecule has 0 saturated heterocycles. The fourth-order valence-corrected chi connectivity index (χ4v) is 2.26. The van der Waals surface area contributed by atoms with E-state index in [4.69, 9.17) is 10.6 Å². The summed E-state index contributed by atoms with van der Waals surface area (Å²) in [6.07, 6.45) is 3.20. The van der Waals surface area contributed by atoms with Crippen molar-refractivity contribution in [3.8, 4) is 0 Å². The number of nitrogens with two attached hydrogens (primary N) is 1. The van der Waals surface area contributed by atoms with Crippen molar-refractivity contribution in [1.82, 2.24) is 5.43 Å². The first-order valence-corrected chi connectivity index (χ1v) is 6.74. The van der Waals surface area contributed by atoms with Crippen molar-refractivity contribution < 1.29 is 4.74 Å². The molecule has 0 bridgehead atoms. The Kier molecular flexibility index (Phi) is 6.33. The third-order valence-corrected chi connectivity index (χ3v) is 3.36. The minimum absolute atomic E-state index is 0.182. The molecule has 0 aromatic heterocycles. The number of hydrazine groups is 1. The molecule has 0 aliphatic heterocycles. The van der Waals surface area contributed by atoms with Crippen molar-refractivity contribution in [2.75, 3.05) is 6.61 Å². The average molecular weight is 250 g/mol. The Balaban J connectivity index is 2.40. The summed E-state index contributed by atoms with van der Waals surface area (Å²) in [5, 5.41) is 0. The highest BCUT2D eigenvalue weighted by atomic mass is 16.5. The molecule has 1 rings (SSSR count). The van der Waals surface area contributed by atoms with Crippen LogP contribution in [0.3, 0.4) is 0 Å². The highest BCUT2D eigenvalue weighted by Crippen LogP contribution is 2.19. The van der Waals surface area contributed by atoms with Gasteiger partial charge in [-0.1, -0.05) is 30.3 Å². The molecule has 0 heterocycles. The van der Waals surface area contributed by atoms with Crippen molar-refractivity contribution >= 4 is 0 Å². The SMILES string of the molecule is CCOC(C)(C)C(CCCc1ccccc1)NN. The second-order valence-corrected chi connectivity index (χ2v) is 5.13. The van der Waals surface area contributed by atoms with Gasteiger partial charge in [0.25, 0.3) is 0 Å². The van der Waals surface area contributed by atoms with Gasteiger partial charge in [-0.05, 0) is 45.6 Å². The molecule has 0 amide bonds. The van der Waals surface area contributed by atoms with Crippen LogP contribution >= 0.6 is 0 Å². The van der Waals surface area contributed by atoms with E-state index in [1.807, 2.05) is 13.0 Å². The van der Waals surface area contributed by atoms with Crippen LogP contribution in [0.4, 0.5) is 0 Å². The van der Waals surface area contributed by atoms with Crippen LogP contribution < -0.4 is 11.3 Å². The molecule has 0 radical (unpaired) electrons. The summed E-state index contributed by atoms with van der Waals surface area (Å²) in [4.78, 5) is 0. The first-order chi connectivity index (χ1) is 8.60. The van der Waals surface area contributed by atoms with Crippen molar-refractivity contribution in [1.29, 1.82) is 0 Å². The lowest BCUT2D eigenvalue weighted by atomic mass is 9.93. The van der Waals surface area contributed by atoms with Crippen LogP contribution in [0.5, 0.6) is 0 Å². The van der Waals surface area contributed by atoms with Gasteiger partial charge in [-0.3, -0.25) is 11.3 Å². The molecule has 1 aromatic carbocycles. The molecule has 102 valence electrons. The van der Waals surface area contributed by atoms with Gasteiger partial charge in [0.15, 0.2) is 0 Å². The zero-order chi connectivity index (χ0) is 13.4. The monoisotopic (exact) mass is 250 g/mol. The average Bonchev–Trinajstić information content (AvgIpc) is 2.35. The Hall–Kier alpha value is -0.900. The maximum absolute atomic E-state index is 5.74. The minimum Gasteiger partial charge on any atom is -0.374 e. The lowest BCUT2D eigenvalue weighted by Crippen LogP contribution is -2.51. The summed E-state index contributed by atoms with van der Waals surface area (Å²) < 4.78 is 5.74. The maximum Gasteiger partial charge on any atom is 0.0792 e. The molecule has 3 heteroatoms. The molecule has 3 N–H and O–H groups in total. The van der Waals surface area contributed by atoms with E-state index in [0.29, 0.717) is 6.61 Å². The number of benzene rings is 1. The molecule has 1 atom stereocenters. The molecule has 18 heavy (non-hydrogen) atoms. The van der Waals surface area contributed by atoms with E-state index in [-0.39, 0.29) is 11.6 Å². The van der Waals surface area contributed by atoms with Gasteiger partial charge < -0.3 is 4.74 Å². The zero-order valence-corrected chi connectivity index (χ0v) is 11.8. The van der Waals surface area contributed by atoms with Crippen LogP contribution in [0.2, 0.25) is 0 Å². The summed E-state index contributed by atoms with van der Waals surface area (Å²) in [5.41, 5.74) is 4.04. The van der Waals surface area contributed by atoms with E-state index in [1.54, 1.807) is 0 Å². The third-order valence-electron chi connectivity index (χ3n) is 3.36. The number of rotatable bonds is 8. The highest BCUT2D eigenvalue weighted by molar-refractivity contribution is 5.14. The van der Waals surface area contributed by atoms with Crippen LogP contribution in [-0.2, 0) is 11.2 Å². The highest BCUT2D eigenvalue weighted by Gasteiger charge is 2.28. The molecule has 0 spiro atoms. The van der Waals surface area contributed by atoms with Crippen LogP contribution in [0.15, 0.2) is 30.3 Å². The van der Waals surface area contributed by atoms with Crippen molar-refractivity contribution in [3.63, 3.8) is 0 Å². The van der Waals surface area contributed by atoms with Gasteiger partial charge in [0.2, 0.25) is 0 Å². The van der Waals surface area contributed by atoms with E-state index in [0.717, 1.165) is 19.3 Å². The van der Waals surface area contributed by atoms with Crippen LogP contribution in [0.25, 0.3) is 0 Å². The van der Waals surface area contributed by atoms with Crippen molar-refractivity contribution in [3.05, 3.63) is 35.9 Å². The van der Waals surface area contributed by atoms with Crippen molar-refractivity contribution in [2.24, 2.45) is 5.84 Å². The molecule has 0 aliphatic rings. The van der Waals surface area contributed by atoms with Gasteiger partial charge >= 0.3 is 0 Å². The Morgan fingerprint density at radius 2 is 1.94 bits per heavy atom. The molecule has 0 saturated carbocycles. The Labute approximate surface area is 111 Å². The summed E-state index contributed by atoms with van der Waals surface area (Å²) >= 11 is 0. The van der Waals surface area contributed by atoms with Gasteiger partial charge in [0, 0.05) is 12.6 Å². The first-order valence-electron chi connectivity index (χ1n) is 6.74. The predicted molar refractivity (Wildman–Crippen MR) is 76.2 cm³/mol. The summed E-state index contributed by atoms with van der Waals surface area (Å²) in [7, 11) is 0. The minimum atomic E-state index is -0.222. The number of hydrogen-bond donors (Lipinski definition) is 2. The van der Waals surface area contributed by atoms with Gasteiger partial charge in [-0.25, -0.2) is 0 Å². The van der Waals surface area contributed by atoms with E-state index in [1.165, 1.54) is 5.56 Å². The normalized spacial score (nSPS) is 13.6. The first kappa shape index (κ1) is 15.2. The third kappa shape index (κ3) is 4.77. The van der Waals surface area contributed by atoms with Crippen LogP contribution in [0.1, 0.15) is 39.2 Å². The van der Waals surface area contributed by atoms with E-state index >= 15 is 0 Å². The summed E-state index contributed by atoms with van der Waals surface area (Å²) in [6, 6.07) is 10.7. The zero-order valence-electron chi connectivity index (χ0n) is 11.8. The lowest BCUT2D eigenvalue weighted by Gasteiger charge is -2.33. The van der Waals surface area contributed by atoms with E-state index < -0.39 is 0 Å². The topological polar surface area (TPSA) is 47.3 Å². The number of hydrogen-bond acceptors (Lipinski definition) is 3. The Morgan fingerprint density at radius 1 is 1.28 bits per heavy atom. The van der Waals surface area contributed by atoms with Crippen molar-refractivity contribution in [2.45, 2.75) is 51.7 Å². The van der Waals surface area contributed by atoms with E-state index in [2.05, 4.69) is 43.5 Å². The molecule has 3 nitrogen and oxygen atoms in total. The molecular weight excluding hydrogens is 224 g/mol. The summed E-state index contributed by atoms with van der Waals surface area (Å²) in [6.45, 7) is 6.90. The Morgan fingerprint density at radius 3 is 2.50 bits per heavy atom. The van der Waals surface area contributed by atoms with Gasteiger partial charge in [-0.15, -0.1) is 0 Å². The van der Waals surface area contributed by atoms with Gasteiger partial charge in [-0.2, -0.15) is 0 Å². The van der Waals surface area contributed by atoms with Gasteiger partial charge in [0.1, 0.15) is 0 Å². The number of aryl methyl sites for hydroxylation is 1. The molecule has 1 aromatic rings. The standard InChI is InChI=1S/C15H26N2O/c1-4-18-15(2,3)14(17-16)12-8-11-13-9-6-5-7-10-13/h5-7,9-10,14,17H,4,8,11-12,16H2,1-3H3. The smallest absolute Gasteiger partial charge is 0.0792 e. The summed E-state index contributed by atoms with van der Waals surface area (Å²) in [5.74, 6) is 5.64. The second kappa shape index (κ2) is 7.52. The fraction of sp³-hybridized carbons (Fsp3) is 0.600. The fourth-order valence-electron chi connectivity index (χ4n) is 2.26. The van der Waals surface area contributed by atoms with E-state index in [9.17, 15) is 0 Å². The van der Waals surface area contributed by atoms with Crippen LogP contribution in [-0.4, -0.2) is 18.2 Å². The second-order valence-electron chi connectivity index (χ2n) is 5.13. The largest absolute Gasteiger partial charge is 0.374 e. The van der Waals surface area contributed by atoms with Gasteiger partial charge in [0.05, 0.1) is 5.60 Å². The quantitative estimate of drug-likeness (QED) is 0.551. The number of ether oxygens (including phenoxy) is 1. The lowest BCUT2D eigenvalue weighted by molar-refractivity contribution is -0.0405.